The van der Waals surface area contributed by atoms with E-state index in [-0.39, 0.29) is 12.2 Å². The number of hydrogen-bond donors (Lipinski definition) is 5. The first-order valence-electron chi connectivity index (χ1n) is 10.6. The maximum Gasteiger partial charge on any atom is 0.451 e. The third-order valence-corrected chi connectivity index (χ3v) is 6.03. The standard InChI is InChI=1S/C21H33BClN3O4/c1-2-5-19(25-18-8-6-17(23)7-9-18)26-14-10-16(11-15-26)21(24,20(27)28)12-3-4-13-22(29)30/h5-9,16,25,29-30H,2-4,10-15,24H2,1H3,(H,27,28)/b19-5-. The molecule has 0 radical (unpaired) electrons. The van der Waals surface area contributed by atoms with Crippen LogP contribution in [0.25, 0.3) is 0 Å². The number of rotatable bonds is 11. The molecule has 1 heterocycles. The molecule has 0 bridgehead atoms. The summed E-state index contributed by atoms with van der Waals surface area (Å²) in [7, 11) is -1.36. The first-order chi connectivity index (χ1) is 14.3. The van der Waals surface area contributed by atoms with E-state index in [1.165, 1.54) is 0 Å². The van der Waals surface area contributed by atoms with E-state index < -0.39 is 18.6 Å². The average molecular weight is 438 g/mol. The summed E-state index contributed by atoms with van der Waals surface area (Å²) in [6.45, 7) is 3.52. The smallest absolute Gasteiger partial charge is 0.451 e. The van der Waals surface area contributed by atoms with Gasteiger partial charge < -0.3 is 31.1 Å². The second kappa shape index (κ2) is 11.6. The summed E-state index contributed by atoms with van der Waals surface area (Å²) in [6, 6.07) is 7.53. The molecule has 2 rings (SSSR count). The quantitative estimate of drug-likeness (QED) is 0.266. The fraction of sp³-hybridized carbons (Fsp3) is 0.571. The number of allylic oxidation sites excluding steroid dienone is 1. The van der Waals surface area contributed by atoms with Gasteiger partial charge in [0.05, 0.1) is 0 Å². The van der Waals surface area contributed by atoms with Gasteiger partial charge in [-0.25, -0.2) is 0 Å². The van der Waals surface area contributed by atoms with Crippen molar-refractivity contribution in [2.24, 2.45) is 11.7 Å². The Kier molecular flexibility index (Phi) is 9.49. The van der Waals surface area contributed by atoms with Gasteiger partial charge >= 0.3 is 13.1 Å². The van der Waals surface area contributed by atoms with Crippen molar-refractivity contribution >= 4 is 30.4 Å². The van der Waals surface area contributed by atoms with Gasteiger partial charge in [-0.05, 0) is 68.3 Å². The van der Waals surface area contributed by atoms with E-state index in [2.05, 4.69) is 23.2 Å². The second-order valence-corrected chi connectivity index (χ2v) is 8.40. The van der Waals surface area contributed by atoms with E-state index in [9.17, 15) is 9.90 Å². The van der Waals surface area contributed by atoms with Crippen LogP contribution in [0.15, 0.2) is 36.2 Å². The van der Waals surface area contributed by atoms with E-state index in [4.69, 9.17) is 27.4 Å². The van der Waals surface area contributed by atoms with Crippen LogP contribution in [0.4, 0.5) is 5.69 Å². The van der Waals surface area contributed by atoms with Crippen molar-refractivity contribution in [2.45, 2.75) is 57.3 Å². The van der Waals surface area contributed by atoms with Gasteiger partial charge in [0.25, 0.3) is 0 Å². The average Bonchev–Trinajstić information content (AvgIpc) is 2.72. The molecular formula is C21H33BClN3O4. The van der Waals surface area contributed by atoms with E-state index in [0.29, 0.717) is 37.1 Å². The zero-order chi connectivity index (χ0) is 22.1. The number of piperidine rings is 1. The summed E-state index contributed by atoms with van der Waals surface area (Å²) in [5, 5.41) is 31.9. The first kappa shape index (κ1) is 24.5. The Labute approximate surface area is 184 Å². The minimum atomic E-state index is -1.36. The maximum absolute atomic E-state index is 12.0. The maximum atomic E-state index is 12.0. The summed E-state index contributed by atoms with van der Waals surface area (Å²) in [6.07, 6.45) is 6.04. The van der Waals surface area contributed by atoms with Crippen LogP contribution in [-0.4, -0.2) is 51.8 Å². The number of hydrogen-bond acceptors (Lipinski definition) is 6. The van der Waals surface area contributed by atoms with E-state index in [1.807, 2.05) is 24.3 Å². The Morgan fingerprint density at radius 3 is 2.47 bits per heavy atom. The summed E-state index contributed by atoms with van der Waals surface area (Å²) < 4.78 is 0. The molecule has 1 aromatic rings. The highest BCUT2D eigenvalue weighted by Crippen LogP contribution is 2.32. The van der Waals surface area contributed by atoms with Crippen LogP contribution in [0.2, 0.25) is 11.3 Å². The van der Waals surface area contributed by atoms with Crippen molar-refractivity contribution in [3.05, 3.63) is 41.2 Å². The number of halogens is 1. The van der Waals surface area contributed by atoms with Crippen molar-refractivity contribution < 1.29 is 19.9 Å². The zero-order valence-corrected chi connectivity index (χ0v) is 18.3. The van der Waals surface area contributed by atoms with Crippen LogP contribution < -0.4 is 11.1 Å². The lowest BCUT2D eigenvalue weighted by molar-refractivity contribution is -0.146. The molecule has 6 N–H and O–H groups in total. The molecule has 1 saturated heterocycles. The van der Waals surface area contributed by atoms with Crippen molar-refractivity contribution in [1.29, 1.82) is 0 Å². The van der Waals surface area contributed by atoms with Gasteiger partial charge in [-0.3, -0.25) is 4.79 Å². The highest BCUT2D eigenvalue weighted by molar-refractivity contribution is 6.40. The number of nitrogens with zero attached hydrogens (tertiary/aromatic N) is 1. The van der Waals surface area contributed by atoms with E-state index in [1.54, 1.807) is 0 Å². The summed E-state index contributed by atoms with van der Waals surface area (Å²) in [4.78, 5) is 14.2. The number of carboxylic acids is 1. The molecule has 9 heteroatoms. The van der Waals surface area contributed by atoms with Crippen LogP contribution in [-0.2, 0) is 4.79 Å². The molecule has 1 aliphatic heterocycles. The minimum Gasteiger partial charge on any atom is -0.480 e. The third-order valence-electron chi connectivity index (χ3n) is 5.78. The number of aliphatic carboxylic acids is 1. The number of nitrogens with two attached hydrogens (primary N) is 1. The number of likely N-dealkylation sites (tertiary alicyclic amines) is 1. The molecule has 7 nitrogen and oxygen atoms in total. The Morgan fingerprint density at radius 1 is 1.30 bits per heavy atom. The Hall–Kier alpha value is -1.74. The number of nitrogens with one attached hydrogen (secondary N) is 1. The summed E-state index contributed by atoms with van der Waals surface area (Å²) >= 11 is 5.97. The number of carboxylic acid groups (broad SMARTS) is 1. The van der Waals surface area contributed by atoms with Crippen molar-refractivity contribution in [3.63, 3.8) is 0 Å². The molecule has 1 aliphatic rings. The van der Waals surface area contributed by atoms with Crippen LogP contribution in [0.5, 0.6) is 0 Å². The number of benzene rings is 1. The number of anilines is 1. The van der Waals surface area contributed by atoms with Crippen LogP contribution in [0, 0.1) is 5.92 Å². The van der Waals surface area contributed by atoms with Crippen LogP contribution in [0.1, 0.15) is 45.4 Å². The lowest BCUT2D eigenvalue weighted by atomic mass is 9.74. The minimum absolute atomic E-state index is 0.122. The van der Waals surface area contributed by atoms with Crippen molar-refractivity contribution in [1.82, 2.24) is 4.90 Å². The molecule has 0 spiro atoms. The monoisotopic (exact) mass is 437 g/mol. The first-order valence-corrected chi connectivity index (χ1v) is 11.0. The summed E-state index contributed by atoms with van der Waals surface area (Å²) in [5.41, 5.74) is 6.03. The molecule has 0 amide bonds. The Balaban J connectivity index is 1.98. The third kappa shape index (κ3) is 6.91. The van der Waals surface area contributed by atoms with Gasteiger partial charge in [0.15, 0.2) is 0 Å². The van der Waals surface area contributed by atoms with Gasteiger partial charge in [0.2, 0.25) is 0 Å². The van der Waals surface area contributed by atoms with Crippen molar-refractivity contribution in [2.75, 3.05) is 18.4 Å². The van der Waals surface area contributed by atoms with Crippen molar-refractivity contribution in [3.8, 4) is 0 Å². The van der Waals surface area contributed by atoms with Gasteiger partial charge in [0.1, 0.15) is 11.4 Å². The molecule has 1 fully saturated rings. The number of unbranched alkanes of at least 4 members (excludes halogenated alkanes) is 1. The topological polar surface area (TPSA) is 119 Å². The fourth-order valence-corrected chi connectivity index (χ4v) is 4.13. The van der Waals surface area contributed by atoms with Gasteiger partial charge in [-0.2, -0.15) is 0 Å². The Bertz CT molecular complexity index is 709. The van der Waals surface area contributed by atoms with Gasteiger partial charge in [0, 0.05) is 23.8 Å². The number of carbonyl (C=O) groups is 1. The normalized spacial score (nSPS) is 17.5. The molecule has 0 saturated carbocycles. The summed E-state index contributed by atoms with van der Waals surface area (Å²) in [5.74, 6) is -0.0917. The SMILES string of the molecule is CC/C=C(/Nc1ccc(Cl)cc1)N1CCC(C(N)(CCCCB(O)O)C(=O)O)CC1. The second-order valence-electron chi connectivity index (χ2n) is 7.96. The largest absolute Gasteiger partial charge is 0.480 e. The molecule has 0 aliphatic carbocycles. The lowest BCUT2D eigenvalue weighted by Gasteiger charge is -2.41. The van der Waals surface area contributed by atoms with Crippen LogP contribution in [0.3, 0.4) is 0 Å². The lowest BCUT2D eigenvalue weighted by Crippen LogP contribution is -2.57. The molecule has 1 aromatic carbocycles. The molecule has 1 unspecified atom stereocenters. The van der Waals surface area contributed by atoms with Crippen LogP contribution >= 0.6 is 11.6 Å². The zero-order valence-electron chi connectivity index (χ0n) is 17.6. The van der Waals surface area contributed by atoms with E-state index >= 15 is 0 Å². The molecule has 0 aromatic heterocycles. The Morgan fingerprint density at radius 2 is 1.93 bits per heavy atom. The van der Waals surface area contributed by atoms with Gasteiger partial charge in [-0.15, -0.1) is 0 Å². The predicted molar refractivity (Wildman–Crippen MR) is 121 cm³/mol. The van der Waals surface area contributed by atoms with Gasteiger partial charge in [-0.1, -0.05) is 31.4 Å². The predicted octanol–water partition coefficient (Wildman–Crippen LogP) is 3.14. The highest BCUT2D eigenvalue weighted by atomic mass is 35.5. The van der Waals surface area contributed by atoms with E-state index in [0.717, 1.165) is 31.0 Å². The molecule has 1 atom stereocenters. The fourth-order valence-electron chi connectivity index (χ4n) is 4.00. The molecule has 166 valence electrons. The molecule has 30 heavy (non-hydrogen) atoms. The highest BCUT2D eigenvalue weighted by Gasteiger charge is 2.43. The molecular weight excluding hydrogens is 405 g/mol.